The average molecular weight is 401 g/mol. The van der Waals surface area contributed by atoms with Crippen LogP contribution in [0, 0.1) is 29.1 Å². The molecule has 0 atom stereocenters. The highest BCUT2D eigenvalue weighted by Gasteiger charge is 2.55. The molecular formula is C24H36N2OS. The Kier molecular flexibility index (Phi) is 6.06. The molecule has 1 aliphatic heterocycles. The van der Waals surface area contributed by atoms with E-state index in [0.29, 0.717) is 5.91 Å². The Labute approximate surface area is 175 Å². The number of carbonyl (C=O) groups excluding carboxylic acids is 1. The molecule has 154 valence electrons. The monoisotopic (exact) mass is 400 g/mol. The number of rotatable bonds is 5. The quantitative estimate of drug-likeness (QED) is 0.598. The van der Waals surface area contributed by atoms with E-state index in [9.17, 15) is 4.79 Å². The first-order valence-corrected chi connectivity index (χ1v) is 12.0. The maximum atomic E-state index is 13.5. The molecule has 1 amide bonds. The second kappa shape index (κ2) is 8.38. The fourth-order valence-corrected chi connectivity index (χ4v) is 7.87. The van der Waals surface area contributed by atoms with E-state index >= 15 is 0 Å². The van der Waals surface area contributed by atoms with Gasteiger partial charge in [-0.25, -0.2) is 4.98 Å². The first kappa shape index (κ1) is 20.3. The molecule has 4 bridgehead atoms. The van der Waals surface area contributed by atoms with E-state index in [1.165, 1.54) is 57.8 Å². The Morgan fingerprint density at radius 1 is 1.07 bits per heavy atom. The van der Waals surface area contributed by atoms with Crippen molar-refractivity contribution in [3.63, 3.8) is 0 Å². The van der Waals surface area contributed by atoms with Crippen molar-refractivity contribution in [1.29, 1.82) is 0 Å². The molecule has 28 heavy (non-hydrogen) atoms. The van der Waals surface area contributed by atoms with Crippen molar-refractivity contribution in [3.05, 3.63) is 24.4 Å². The molecule has 0 spiro atoms. The second-order valence-corrected chi connectivity index (χ2v) is 10.9. The van der Waals surface area contributed by atoms with Gasteiger partial charge in [-0.2, -0.15) is 0 Å². The highest BCUT2D eigenvalue weighted by molar-refractivity contribution is 7.99. The summed E-state index contributed by atoms with van der Waals surface area (Å²) in [7, 11) is 0. The van der Waals surface area contributed by atoms with Crippen molar-refractivity contribution in [2.45, 2.75) is 70.2 Å². The van der Waals surface area contributed by atoms with Gasteiger partial charge in [-0.05, 0) is 99.3 Å². The summed E-state index contributed by atoms with van der Waals surface area (Å²) in [5.74, 6) is 5.05. The largest absolute Gasteiger partial charge is 0.342 e. The maximum absolute atomic E-state index is 13.5. The van der Waals surface area contributed by atoms with E-state index in [1.54, 1.807) is 0 Å². The third-order valence-corrected chi connectivity index (χ3v) is 8.78. The standard InChI is InChI=1S/C23H32N2OS.CH4/c26-22(23-14-18-11-19(15-23)13-20(12-18)16-23)25-8-4-17(5-9-25)6-10-27-21-3-1-2-7-24-21;/h1-3,7,17-20H,4-6,8-16H2;1H4. The highest BCUT2D eigenvalue weighted by Crippen LogP contribution is 2.60. The number of amides is 1. The lowest BCUT2D eigenvalue weighted by Gasteiger charge is -2.57. The molecule has 1 aromatic heterocycles. The molecule has 0 aromatic carbocycles. The van der Waals surface area contributed by atoms with Crippen LogP contribution in [0.1, 0.15) is 65.2 Å². The summed E-state index contributed by atoms with van der Waals surface area (Å²) in [6.07, 6.45) is 13.4. The summed E-state index contributed by atoms with van der Waals surface area (Å²) in [6, 6.07) is 6.13. The van der Waals surface area contributed by atoms with Crippen LogP contribution in [0.3, 0.4) is 0 Å². The van der Waals surface area contributed by atoms with Crippen LogP contribution in [0.5, 0.6) is 0 Å². The first-order chi connectivity index (χ1) is 13.2. The van der Waals surface area contributed by atoms with Gasteiger partial charge in [-0.15, -0.1) is 11.8 Å². The number of aromatic nitrogens is 1. The van der Waals surface area contributed by atoms with E-state index < -0.39 is 0 Å². The minimum absolute atomic E-state index is 0. The third kappa shape index (κ3) is 3.99. The van der Waals surface area contributed by atoms with Gasteiger partial charge < -0.3 is 4.90 Å². The lowest BCUT2D eigenvalue weighted by atomic mass is 9.49. The first-order valence-electron chi connectivity index (χ1n) is 11.0. The Balaban J connectivity index is 0.00000192. The molecule has 3 nitrogen and oxygen atoms in total. The van der Waals surface area contributed by atoms with Gasteiger partial charge in [0.1, 0.15) is 0 Å². The number of pyridine rings is 1. The predicted octanol–water partition coefficient (Wildman–Crippen LogP) is 5.65. The van der Waals surface area contributed by atoms with E-state index in [4.69, 9.17) is 0 Å². The molecule has 1 saturated heterocycles. The van der Waals surface area contributed by atoms with Gasteiger partial charge in [0.2, 0.25) is 5.91 Å². The molecule has 1 aromatic rings. The lowest BCUT2D eigenvalue weighted by molar-refractivity contribution is -0.159. The fraction of sp³-hybridized carbons (Fsp3) is 0.750. The summed E-state index contributed by atoms with van der Waals surface area (Å²) in [5.41, 5.74) is 0.0520. The van der Waals surface area contributed by atoms with Crippen LogP contribution in [-0.4, -0.2) is 34.6 Å². The topological polar surface area (TPSA) is 33.2 Å². The zero-order valence-electron chi connectivity index (χ0n) is 16.3. The summed E-state index contributed by atoms with van der Waals surface area (Å²) in [4.78, 5) is 20.1. The van der Waals surface area contributed by atoms with Crippen molar-refractivity contribution < 1.29 is 4.79 Å². The van der Waals surface area contributed by atoms with Crippen molar-refractivity contribution in [3.8, 4) is 0 Å². The van der Waals surface area contributed by atoms with Crippen molar-refractivity contribution in [1.82, 2.24) is 9.88 Å². The van der Waals surface area contributed by atoms with Crippen LogP contribution < -0.4 is 0 Å². The van der Waals surface area contributed by atoms with Gasteiger partial charge in [-0.1, -0.05) is 13.5 Å². The van der Waals surface area contributed by atoms with E-state index in [-0.39, 0.29) is 12.8 Å². The molecule has 5 aliphatic rings. The van der Waals surface area contributed by atoms with Gasteiger partial charge in [0, 0.05) is 19.3 Å². The summed E-state index contributed by atoms with van der Waals surface area (Å²) in [6.45, 7) is 2.00. The molecule has 4 aliphatic carbocycles. The number of carbonyl (C=O) groups is 1. The number of likely N-dealkylation sites (tertiary alicyclic amines) is 1. The molecule has 5 fully saturated rings. The van der Waals surface area contributed by atoms with Crippen LogP contribution in [0.2, 0.25) is 0 Å². The third-order valence-electron chi connectivity index (χ3n) is 7.81. The van der Waals surface area contributed by atoms with Crippen LogP contribution in [0.25, 0.3) is 0 Å². The molecule has 0 unspecified atom stereocenters. The van der Waals surface area contributed by atoms with E-state index in [0.717, 1.165) is 47.5 Å². The maximum Gasteiger partial charge on any atom is 0.228 e. The summed E-state index contributed by atoms with van der Waals surface area (Å²) < 4.78 is 0. The normalized spacial score (nSPS) is 34.3. The molecule has 2 heterocycles. The molecule has 0 radical (unpaired) electrons. The number of hydrogen-bond acceptors (Lipinski definition) is 3. The summed E-state index contributed by atoms with van der Waals surface area (Å²) >= 11 is 1.87. The van der Waals surface area contributed by atoms with Gasteiger partial charge >= 0.3 is 0 Å². The average Bonchev–Trinajstić information content (AvgIpc) is 2.68. The lowest BCUT2D eigenvalue weighted by Crippen LogP contribution is -2.55. The number of nitrogens with zero attached hydrogens (tertiary/aromatic N) is 2. The van der Waals surface area contributed by atoms with Crippen molar-refractivity contribution >= 4 is 17.7 Å². The molecular weight excluding hydrogens is 364 g/mol. The summed E-state index contributed by atoms with van der Waals surface area (Å²) in [5, 5.41) is 1.13. The molecule has 6 rings (SSSR count). The SMILES string of the molecule is C.O=C(N1CCC(CCSc2ccccn2)CC1)C12CC3CC(CC(C3)C1)C2. The minimum Gasteiger partial charge on any atom is -0.342 e. The van der Waals surface area contributed by atoms with E-state index in [1.807, 2.05) is 24.0 Å². The van der Waals surface area contributed by atoms with Gasteiger partial charge in [-0.3, -0.25) is 4.79 Å². The van der Waals surface area contributed by atoms with Crippen molar-refractivity contribution in [2.24, 2.45) is 29.1 Å². The van der Waals surface area contributed by atoms with Gasteiger partial charge in [0.25, 0.3) is 0 Å². The Morgan fingerprint density at radius 3 is 2.29 bits per heavy atom. The predicted molar refractivity (Wildman–Crippen MR) is 116 cm³/mol. The number of thioether (sulfide) groups is 1. The van der Waals surface area contributed by atoms with Gasteiger partial charge in [0.15, 0.2) is 0 Å². The van der Waals surface area contributed by atoms with Crippen LogP contribution in [-0.2, 0) is 4.79 Å². The Bertz CT molecular complexity index is 633. The smallest absolute Gasteiger partial charge is 0.228 e. The van der Waals surface area contributed by atoms with Crippen LogP contribution in [0.4, 0.5) is 0 Å². The van der Waals surface area contributed by atoms with Crippen LogP contribution in [0.15, 0.2) is 29.4 Å². The number of piperidine rings is 1. The second-order valence-electron chi connectivity index (χ2n) is 9.74. The Morgan fingerprint density at radius 2 is 1.71 bits per heavy atom. The van der Waals surface area contributed by atoms with E-state index in [2.05, 4.69) is 22.0 Å². The highest BCUT2D eigenvalue weighted by atomic mass is 32.2. The number of hydrogen-bond donors (Lipinski definition) is 0. The zero-order valence-corrected chi connectivity index (χ0v) is 17.1. The fourth-order valence-electron chi connectivity index (χ4n) is 6.90. The van der Waals surface area contributed by atoms with Crippen molar-refractivity contribution in [2.75, 3.05) is 18.8 Å². The zero-order chi connectivity index (χ0) is 18.3. The van der Waals surface area contributed by atoms with Gasteiger partial charge in [0.05, 0.1) is 10.4 Å². The van der Waals surface area contributed by atoms with Crippen LogP contribution >= 0.6 is 11.8 Å². The molecule has 4 saturated carbocycles. The Hall–Kier alpha value is -1.03. The minimum atomic E-state index is 0. The molecule has 0 N–H and O–H groups in total. The molecule has 4 heteroatoms.